The highest BCUT2D eigenvalue weighted by Gasteiger charge is 2.26. The number of rotatable bonds is 6. The first-order valence-corrected chi connectivity index (χ1v) is 10.6. The van der Waals surface area contributed by atoms with Gasteiger partial charge < -0.3 is 15.0 Å². The van der Waals surface area contributed by atoms with E-state index in [9.17, 15) is 13.6 Å². The maximum Gasteiger partial charge on any atom is 0.317 e. The predicted molar refractivity (Wildman–Crippen MR) is 116 cm³/mol. The number of aryl methyl sites for hydroxylation is 1. The minimum Gasteiger partial charge on any atom is -0.370 e. The van der Waals surface area contributed by atoms with Crippen LogP contribution < -0.4 is 5.32 Å². The Kier molecular flexibility index (Phi) is 6.72. The molecule has 9 heteroatoms. The Morgan fingerprint density at radius 1 is 1.16 bits per heavy atom. The van der Waals surface area contributed by atoms with Crippen LogP contribution in [0.2, 0.25) is 5.02 Å². The van der Waals surface area contributed by atoms with Crippen LogP contribution in [-0.4, -0.2) is 27.3 Å². The van der Waals surface area contributed by atoms with Gasteiger partial charge in [0.25, 0.3) is 0 Å². The van der Waals surface area contributed by atoms with Crippen molar-refractivity contribution in [3.8, 4) is 0 Å². The first-order valence-electron chi connectivity index (χ1n) is 10.2. The Labute approximate surface area is 189 Å². The largest absolute Gasteiger partial charge is 0.370 e. The second-order valence-corrected chi connectivity index (χ2v) is 8.09. The third-order valence-corrected chi connectivity index (χ3v) is 5.83. The van der Waals surface area contributed by atoms with Gasteiger partial charge in [-0.25, -0.2) is 13.6 Å². The van der Waals surface area contributed by atoms with Crippen molar-refractivity contribution in [2.75, 3.05) is 6.54 Å². The first kappa shape index (κ1) is 22.2. The van der Waals surface area contributed by atoms with Gasteiger partial charge in [-0.3, -0.25) is 4.68 Å². The number of ether oxygens (including phenoxy) is 1. The fraction of sp³-hybridized carbons (Fsp3) is 0.304. The number of amides is 2. The second-order valence-electron chi connectivity index (χ2n) is 7.68. The Balaban J connectivity index is 1.36. The standard InChI is InChI=1S/C23H23ClF2N4O2/c1-29-22-8-9-30(23(31)27-11-15-2-5-17(25)6-3-15)12-19(22)21(28-29)14-32-13-16-4-7-18(26)10-20(16)24/h2-7,10H,8-9,11-14H2,1H3,(H,27,31). The van der Waals surface area contributed by atoms with E-state index in [0.29, 0.717) is 36.6 Å². The number of hydrogen-bond donors (Lipinski definition) is 1. The molecule has 168 valence electrons. The van der Waals surface area contributed by atoms with Crippen LogP contribution in [0.1, 0.15) is 28.1 Å². The molecule has 0 fully saturated rings. The van der Waals surface area contributed by atoms with Crippen LogP contribution in [0, 0.1) is 11.6 Å². The smallest absolute Gasteiger partial charge is 0.317 e. The number of benzene rings is 2. The van der Waals surface area contributed by atoms with Crippen molar-refractivity contribution in [1.29, 1.82) is 0 Å². The van der Waals surface area contributed by atoms with Crippen LogP contribution in [0.15, 0.2) is 42.5 Å². The van der Waals surface area contributed by atoms with Crippen LogP contribution in [0.4, 0.5) is 13.6 Å². The van der Waals surface area contributed by atoms with Crippen molar-refractivity contribution in [3.05, 3.63) is 87.2 Å². The van der Waals surface area contributed by atoms with Crippen molar-refractivity contribution in [2.45, 2.75) is 32.7 Å². The summed E-state index contributed by atoms with van der Waals surface area (Å²) in [7, 11) is 1.88. The molecular weight excluding hydrogens is 438 g/mol. The van der Waals surface area contributed by atoms with Gasteiger partial charge in [0, 0.05) is 42.8 Å². The fourth-order valence-electron chi connectivity index (χ4n) is 3.75. The number of aromatic nitrogens is 2. The Morgan fingerprint density at radius 2 is 1.91 bits per heavy atom. The molecular formula is C23H23ClF2N4O2. The number of halogens is 3. The zero-order chi connectivity index (χ0) is 22.7. The molecule has 32 heavy (non-hydrogen) atoms. The van der Waals surface area contributed by atoms with Crippen LogP contribution in [0.25, 0.3) is 0 Å². The van der Waals surface area contributed by atoms with Crippen LogP contribution in [0.5, 0.6) is 0 Å². The molecule has 0 atom stereocenters. The quantitative estimate of drug-likeness (QED) is 0.595. The van der Waals surface area contributed by atoms with Crippen molar-refractivity contribution in [1.82, 2.24) is 20.0 Å². The maximum absolute atomic E-state index is 13.2. The summed E-state index contributed by atoms with van der Waals surface area (Å²) >= 11 is 6.06. The highest BCUT2D eigenvalue weighted by atomic mass is 35.5. The predicted octanol–water partition coefficient (Wildman–Crippen LogP) is 4.34. The number of carbonyl (C=O) groups excluding carboxylic acids is 1. The minimum absolute atomic E-state index is 0.186. The van der Waals surface area contributed by atoms with Crippen LogP contribution >= 0.6 is 11.6 Å². The molecule has 1 aliphatic rings. The van der Waals surface area contributed by atoms with E-state index in [1.54, 1.807) is 23.1 Å². The lowest BCUT2D eigenvalue weighted by Crippen LogP contribution is -2.42. The zero-order valence-electron chi connectivity index (χ0n) is 17.6. The lowest BCUT2D eigenvalue weighted by atomic mass is 10.1. The molecule has 0 saturated carbocycles. The molecule has 6 nitrogen and oxygen atoms in total. The zero-order valence-corrected chi connectivity index (χ0v) is 18.3. The Bertz CT molecular complexity index is 1120. The summed E-state index contributed by atoms with van der Waals surface area (Å²) in [5.41, 5.74) is 4.33. The molecule has 0 spiro atoms. The van der Waals surface area contributed by atoms with Gasteiger partial charge in [-0.15, -0.1) is 0 Å². The van der Waals surface area contributed by atoms with Gasteiger partial charge in [0.15, 0.2) is 0 Å². The SMILES string of the molecule is Cn1nc(COCc2ccc(F)cc2Cl)c2c1CCN(C(=O)NCc1ccc(F)cc1)C2. The molecule has 1 aromatic heterocycles. The second kappa shape index (κ2) is 9.67. The van der Waals surface area contributed by atoms with E-state index < -0.39 is 5.82 Å². The van der Waals surface area contributed by atoms with Crippen molar-refractivity contribution in [3.63, 3.8) is 0 Å². The van der Waals surface area contributed by atoms with Gasteiger partial charge in [0.1, 0.15) is 11.6 Å². The number of nitrogens with zero attached hydrogens (tertiary/aromatic N) is 3. The van der Waals surface area contributed by atoms with E-state index in [-0.39, 0.29) is 25.1 Å². The van der Waals surface area contributed by atoms with E-state index >= 15 is 0 Å². The van der Waals surface area contributed by atoms with E-state index in [1.165, 1.54) is 24.3 Å². The average Bonchev–Trinajstić information content (AvgIpc) is 3.09. The summed E-state index contributed by atoms with van der Waals surface area (Å²) in [5, 5.41) is 7.76. The lowest BCUT2D eigenvalue weighted by molar-refractivity contribution is 0.103. The monoisotopic (exact) mass is 460 g/mol. The fourth-order valence-corrected chi connectivity index (χ4v) is 3.97. The number of fused-ring (bicyclic) bond motifs is 1. The summed E-state index contributed by atoms with van der Waals surface area (Å²) in [4.78, 5) is 14.4. The summed E-state index contributed by atoms with van der Waals surface area (Å²) in [6, 6.07) is 10.0. The third kappa shape index (κ3) is 5.08. The number of nitrogens with one attached hydrogen (secondary N) is 1. The first-order chi connectivity index (χ1) is 15.4. The highest BCUT2D eigenvalue weighted by Crippen LogP contribution is 2.24. The van der Waals surface area contributed by atoms with Gasteiger partial charge >= 0.3 is 6.03 Å². The average molecular weight is 461 g/mol. The Hall–Kier alpha value is -2.97. The third-order valence-electron chi connectivity index (χ3n) is 5.48. The molecule has 2 heterocycles. The van der Waals surface area contributed by atoms with Gasteiger partial charge in [-0.2, -0.15) is 5.10 Å². The summed E-state index contributed by atoms with van der Waals surface area (Å²) in [5.74, 6) is -0.702. The van der Waals surface area contributed by atoms with E-state index in [2.05, 4.69) is 10.4 Å². The molecule has 0 radical (unpaired) electrons. The molecule has 0 saturated heterocycles. The van der Waals surface area contributed by atoms with E-state index in [0.717, 1.165) is 22.5 Å². The molecule has 3 aromatic rings. The van der Waals surface area contributed by atoms with E-state index in [1.807, 2.05) is 11.7 Å². The molecule has 0 aliphatic carbocycles. The van der Waals surface area contributed by atoms with Crippen LogP contribution in [0.3, 0.4) is 0 Å². The molecule has 1 aliphatic heterocycles. The summed E-state index contributed by atoms with van der Waals surface area (Å²) in [6.45, 7) is 1.81. The molecule has 2 amide bonds. The molecule has 0 unspecified atom stereocenters. The molecule has 2 aromatic carbocycles. The topological polar surface area (TPSA) is 59.4 Å². The number of carbonyl (C=O) groups is 1. The normalized spacial score (nSPS) is 13.2. The number of urea groups is 1. The van der Waals surface area contributed by atoms with Gasteiger partial charge in [0.05, 0.1) is 25.5 Å². The van der Waals surface area contributed by atoms with Gasteiger partial charge in [0.2, 0.25) is 0 Å². The minimum atomic E-state index is -0.393. The van der Waals surface area contributed by atoms with Crippen molar-refractivity contribution < 1.29 is 18.3 Å². The van der Waals surface area contributed by atoms with Crippen LogP contribution in [-0.2, 0) is 44.5 Å². The molecule has 0 bridgehead atoms. The lowest BCUT2D eigenvalue weighted by Gasteiger charge is -2.28. The van der Waals surface area contributed by atoms with Gasteiger partial charge in [-0.05, 0) is 35.4 Å². The Morgan fingerprint density at radius 3 is 2.66 bits per heavy atom. The van der Waals surface area contributed by atoms with Crippen molar-refractivity contribution in [2.24, 2.45) is 7.05 Å². The van der Waals surface area contributed by atoms with E-state index in [4.69, 9.17) is 16.3 Å². The number of hydrogen-bond acceptors (Lipinski definition) is 3. The summed E-state index contributed by atoms with van der Waals surface area (Å²) in [6.07, 6.45) is 0.687. The summed E-state index contributed by atoms with van der Waals surface area (Å²) < 4.78 is 33.9. The molecule has 1 N–H and O–H groups in total. The maximum atomic E-state index is 13.2. The van der Waals surface area contributed by atoms with Gasteiger partial charge in [-0.1, -0.05) is 29.8 Å². The van der Waals surface area contributed by atoms with Crippen molar-refractivity contribution >= 4 is 17.6 Å². The highest BCUT2D eigenvalue weighted by molar-refractivity contribution is 6.31. The molecule has 4 rings (SSSR count).